The molecule has 3 nitrogen and oxygen atoms in total. The molecule has 1 aromatic heterocycles. The second-order valence-electron chi connectivity index (χ2n) is 4.32. The fourth-order valence-electron chi connectivity index (χ4n) is 2.06. The molecular weight excluding hydrogens is 222 g/mol. The highest BCUT2D eigenvalue weighted by Gasteiger charge is 2.38. The normalized spacial score (nSPS) is 17.8. The number of nitrogens with one attached hydrogen (secondary N) is 1. The van der Waals surface area contributed by atoms with Gasteiger partial charge in [-0.25, -0.2) is 0 Å². The average Bonchev–Trinajstić information content (AvgIpc) is 2.74. The summed E-state index contributed by atoms with van der Waals surface area (Å²) in [6.45, 7) is 0.856. The molecule has 0 aliphatic heterocycles. The molecule has 4 heteroatoms. The Morgan fingerprint density at radius 1 is 1.62 bits per heavy atom. The Labute approximate surface area is 99.8 Å². The van der Waals surface area contributed by atoms with Crippen LogP contribution in [-0.4, -0.2) is 18.6 Å². The van der Waals surface area contributed by atoms with Gasteiger partial charge in [-0.05, 0) is 30.7 Å². The summed E-state index contributed by atoms with van der Waals surface area (Å²) in [4.78, 5) is 12.6. The zero-order chi connectivity index (χ0) is 11.4. The Kier molecular flexibility index (Phi) is 3.61. The molecule has 1 N–H and O–H groups in total. The van der Waals surface area contributed by atoms with Crippen molar-refractivity contribution in [1.29, 1.82) is 0 Å². The molecule has 0 amide bonds. The third kappa shape index (κ3) is 2.62. The van der Waals surface area contributed by atoms with Crippen LogP contribution in [-0.2, 0) is 16.1 Å². The lowest BCUT2D eigenvalue weighted by molar-refractivity contribution is -0.143. The highest BCUT2D eigenvalue weighted by molar-refractivity contribution is 7.09. The van der Waals surface area contributed by atoms with E-state index in [1.54, 1.807) is 11.3 Å². The Balaban J connectivity index is 1.87. The maximum Gasteiger partial charge on any atom is 0.307 e. The van der Waals surface area contributed by atoms with Crippen molar-refractivity contribution >= 4 is 17.3 Å². The van der Waals surface area contributed by atoms with Gasteiger partial charge in [0.15, 0.2) is 0 Å². The zero-order valence-corrected chi connectivity index (χ0v) is 10.3. The first-order valence-corrected chi connectivity index (χ1v) is 6.46. The van der Waals surface area contributed by atoms with E-state index in [1.807, 2.05) is 0 Å². The molecular formula is C12H17NO2S. The van der Waals surface area contributed by atoms with Crippen molar-refractivity contribution in [3.05, 3.63) is 22.4 Å². The lowest BCUT2D eigenvalue weighted by Crippen LogP contribution is -2.51. The maximum atomic E-state index is 11.3. The van der Waals surface area contributed by atoms with Gasteiger partial charge in [-0.3, -0.25) is 4.79 Å². The van der Waals surface area contributed by atoms with Crippen LogP contribution in [0.25, 0.3) is 0 Å². The van der Waals surface area contributed by atoms with E-state index in [0.717, 1.165) is 19.4 Å². The molecule has 1 aromatic rings. The highest BCUT2D eigenvalue weighted by atomic mass is 32.1. The van der Waals surface area contributed by atoms with Gasteiger partial charge in [0.2, 0.25) is 0 Å². The molecule has 0 unspecified atom stereocenters. The maximum absolute atomic E-state index is 11.3. The third-order valence-corrected chi connectivity index (χ3v) is 4.12. The first kappa shape index (κ1) is 11.6. The van der Waals surface area contributed by atoms with Gasteiger partial charge < -0.3 is 10.1 Å². The number of hydrogen-bond donors (Lipinski definition) is 1. The number of rotatable bonds is 5. The van der Waals surface area contributed by atoms with E-state index in [2.05, 4.69) is 22.8 Å². The Hall–Kier alpha value is -0.870. The lowest BCUT2D eigenvalue weighted by Gasteiger charge is -2.42. The number of ether oxygens (including phenoxy) is 1. The minimum absolute atomic E-state index is 0.00289. The molecule has 0 saturated heterocycles. The van der Waals surface area contributed by atoms with Gasteiger partial charge in [-0.2, -0.15) is 0 Å². The predicted octanol–water partition coefficient (Wildman–Crippen LogP) is 2.32. The van der Waals surface area contributed by atoms with Crippen LogP contribution in [0, 0.1) is 0 Å². The Morgan fingerprint density at radius 3 is 2.94 bits per heavy atom. The van der Waals surface area contributed by atoms with E-state index in [1.165, 1.54) is 18.4 Å². The predicted molar refractivity (Wildman–Crippen MR) is 64.4 cm³/mol. The molecule has 0 aromatic carbocycles. The van der Waals surface area contributed by atoms with E-state index < -0.39 is 0 Å². The monoisotopic (exact) mass is 239 g/mol. The van der Waals surface area contributed by atoms with Crippen molar-refractivity contribution in [2.75, 3.05) is 7.11 Å². The molecule has 88 valence electrons. The molecule has 0 atom stereocenters. The van der Waals surface area contributed by atoms with Crippen LogP contribution in [0.1, 0.15) is 30.6 Å². The second kappa shape index (κ2) is 4.97. The number of methoxy groups -OCH3 is 1. The molecule has 0 radical (unpaired) electrons. The van der Waals surface area contributed by atoms with Gasteiger partial charge >= 0.3 is 5.97 Å². The summed E-state index contributed by atoms with van der Waals surface area (Å²) in [5.41, 5.74) is -0.00289. The van der Waals surface area contributed by atoms with Gasteiger partial charge in [-0.1, -0.05) is 6.07 Å². The van der Waals surface area contributed by atoms with Crippen molar-refractivity contribution in [1.82, 2.24) is 5.32 Å². The minimum Gasteiger partial charge on any atom is -0.469 e. The quantitative estimate of drug-likeness (QED) is 0.801. The largest absolute Gasteiger partial charge is 0.469 e. The van der Waals surface area contributed by atoms with E-state index in [-0.39, 0.29) is 11.5 Å². The molecule has 1 heterocycles. The Bertz CT molecular complexity index is 344. The molecule has 0 spiro atoms. The van der Waals surface area contributed by atoms with Crippen LogP contribution in [0.15, 0.2) is 17.5 Å². The first-order chi connectivity index (χ1) is 7.74. The molecule has 16 heavy (non-hydrogen) atoms. The van der Waals surface area contributed by atoms with Crippen molar-refractivity contribution in [2.24, 2.45) is 0 Å². The van der Waals surface area contributed by atoms with Gasteiger partial charge in [0.25, 0.3) is 0 Å². The van der Waals surface area contributed by atoms with E-state index in [9.17, 15) is 4.79 Å². The van der Waals surface area contributed by atoms with Crippen molar-refractivity contribution in [3.8, 4) is 0 Å². The van der Waals surface area contributed by atoms with Gasteiger partial charge in [0.1, 0.15) is 0 Å². The number of hydrogen-bond acceptors (Lipinski definition) is 4. The Morgan fingerprint density at radius 2 is 2.44 bits per heavy atom. The van der Waals surface area contributed by atoms with E-state index >= 15 is 0 Å². The van der Waals surface area contributed by atoms with Crippen LogP contribution < -0.4 is 5.32 Å². The second-order valence-corrected chi connectivity index (χ2v) is 5.35. The van der Waals surface area contributed by atoms with Crippen LogP contribution in [0.4, 0.5) is 0 Å². The molecule has 1 aliphatic rings. The third-order valence-electron chi connectivity index (χ3n) is 3.24. The summed E-state index contributed by atoms with van der Waals surface area (Å²) in [6.07, 6.45) is 3.85. The summed E-state index contributed by atoms with van der Waals surface area (Å²) in [5.74, 6) is -0.113. The summed E-state index contributed by atoms with van der Waals surface area (Å²) in [5, 5.41) is 5.58. The van der Waals surface area contributed by atoms with Crippen LogP contribution in [0.5, 0.6) is 0 Å². The van der Waals surface area contributed by atoms with E-state index in [0.29, 0.717) is 6.42 Å². The van der Waals surface area contributed by atoms with Gasteiger partial charge in [-0.15, -0.1) is 11.3 Å². The summed E-state index contributed by atoms with van der Waals surface area (Å²) in [6, 6.07) is 4.16. The summed E-state index contributed by atoms with van der Waals surface area (Å²) in [7, 11) is 1.45. The number of esters is 1. The van der Waals surface area contributed by atoms with Crippen LogP contribution in [0.2, 0.25) is 0 Å². The minimum atomic E-state index is -0.113. The lowest BCUT2D eigenvalue weighted by atomic mass is 9.74. The summed E-state index contributed by atoms with van der Waals surface area (Å²) < 4.78 is 4.74. The molecule has 2 rings (SSSR count). The average molecular weight is 239 g/mol. The number of thiophene rings is 1. The topological polar surface area (TPSA) is 38.3 Å². The number of carbonyl (C=O) groups is 1. The zero-order valence-electron chi connectivity index (χ0n) is 9.49. The van der Waals surface area contributed by atoms with Crippen LogP contribution >= 0.6 is 11.3 Å². The standard InChI is InChI=1S/C12H17NO2S/c1-15-11(14)8-12(5-3-6-12)13-9-10-4-2-7-16-10/h2,4,7,13H,3,5-6,8-9H2,1H3. The van der Waals surface area contributed by atoms with Crippen molar-refractivity contribution in [2.45, 2.75) is 37.8 Å². The molecule has 1 saturated carbocycles. The SMILES string of the molecule is COC(=O)CC1(NCc2cccs2)CCC1. The smallest absolute Gasteiger partial charge is 0.307 e. The van der Waals surface area contributed by atoms with Crippen molar-refractivity contribution < 1.29 is 9.53 Å². The van der Waals surface area contributed by atoms with Crippen LogP contribution in [0.3, 0.4) is 0 Å². The summed E-state index contributed by atoms with van der Waals surface area (Å²) >= 11 is 1.74. The molecule has 0 bridgehead atoms. The fourth-order valence-corrected chi connectivity index (χ4v) is 2.70. The number of carbonyl (C=O) groups excluding carboxylic acids is 1. The molecule has 1 aliphatic carbocycles. The van der Waals surface area contributed by atoms with E-state index in [4.69, 9.17) is 4.74 Å². The van der Waals surface area contributed by atoms with Gasteiger partial charge in [0, 0.05) is 17.0 Å². The highest BCUT2D eigenvalue weighted by Crippen LogP contribution is 2.35. The molecule has 1 fully saturated rings. The first-order valence-electron chi connectivity index (χ1n) is 5.58. The fraction of sp³-hybridized carbons (Fsp3) is 0.583. The van der Waals surface area contributed by atoms with Gasteiger partial charge in [0.05, 0.1) is 13.5 Å². The van der Waals surface area contributed by atoms with Crippen molar-refractivity contribution in [3.63, 3.8) is 0 Å².